The molecule has 0 atom stereocenters. The number of aromatic nitrogens is 1. The number of benzene rings is 1. The van der Waals surface area contributed by atoms with Crippen molar-refractivity contribution < 1.29 is 0 Å². The van der Waals surface area contributed by atoms with Crippen molar-refractivity contribution in [3.05, 3.63) is 46.6 Å². The Hall–Kier alpha value is -1.75. The van der Waals surface area contributed by atoms with Crippen LogP contribution in [0.3, 0.4) is 0 Å². The van der Waals surface area contributed by atoms with Gasteiger partial charge in [-0.3, -0.25) is 0 Å². The predicted molar refractivity (Wildman–Crippen MR) is 92.0 cm³/mol. The molecule has 2 heterocycles. The van der Waals surface area contributed by atoms with E-state index >= 15 is 0 Å². The Labute approximate surface area is 133 Å². The fourth-order valence-corrected chi connectivity index (χ4v) is 2.81. The lowest BCUT2D eigenvalue weighted by Crippen LogP contribution is -2.46. The lowest BCUT2D eigenvalue weighted by molar-refractivity contribution is 0.647. The van der Waals surface area contributed by atoms with Gasteiger partial charge < -0.3 is 15.5 Å². The molecule has 0 saturated carbocycles. The summed E-state index contributed by atoms with van der Waals surface area (Å²) in [6.07, 6.45) is 0. The predicted octanol–water partition coefficient (Wildman–Crippen LogP) is 3.06. The second-order valence-corrected chi connectivity index (χ2v) is 6.16. The van der Waals surface area contributed by atoms with Gasteiger partial charge in [-0.25, -0.2) is 4.98 Å². The van der Waals surface area contributed by atoms with Gasteiger partial charge in [0.25, 0.3) is 0 Å². The third-order valence-electron chi connectivity index (χ3n) is 3.87. The summed E-state index contributed by atoms with van der Waals surface area (Å²) in [7, 11) is 0. The largest absolute Gasteiger partial charge is 0.399 e. The first-order valence-electron chi connectivity index (χ1n) is 7.12. The summed E-state index contributed by atoms with van der Waals surface area (Å²) in [5.74, 6) is 1.06. The van der Waals surface area contributed by atoms with Gasteiger partial charge in [-0.15, -0.1) is 0 Å². The van der Waals surface area contributed by atoms with Gasteiger partial charge in [0.05, 0.1) is 5.69 Å². The number of aryl methyl sites for hydroxylation is 1. The number of anilines is 3. The van der Waals surface area contributed by atoms with E-state index in [1.807, 2.05) is 19.1 Å². The smallest absolute Gasteiger partial charge is 0.128 e. The quantitative estimate of drug-likeness (QED) is 0.849. The van der Waals surface area contributed by atoms with Gasteiger partial charge in [0.1, 0.15) is 5.82 Å². The molecule has 4 nitrogen and oxygen atoms in total. The fraction of sp³-hybridized carbons (Fsp3) is 0.312. The fourth-order valence-electron chi connectivity index (χ4n) is 2.59. The molecule has 0 spiro atoms. The van der Waals surface area contributed by atoms with E-state index in [0.717, 1.165) is 47.9 Å². The first-order chi connectivity index (χ1) is 10.1. The zero-order valence-corrected chi connectivity index (χ0v) is 13.7. The number of pyridine rings is 1. The topological polar surface area (TPSA) is 45.4 Å². The van der Waals surface area contributed by atoms with E-state index in [9.17, 15) is 0 Å². The Bertz CT molecular complexity index is 619. The molecule has 1 aliphatic rings. The molecule has 0 amide bonds. The van der Waals surface area contributed by atoms with Crippen molar-refractivity contribution in [3.8, 4) is 0 Å². The number of hydrogen-bond donors (Lipinski definition) is 1. The van der Waals surface area contributed by atoms with Crippen LogP contribution < -0.4 is 15.5 Å². The van der Waals surface area contributed by atoms with Crippen molar-refractivity contribution in [2.24, 2.45) is 0 Å². The van der Waals surface area contributed by atoms with E-state index in [-0.39, 0.29) is 0 Å². The lowest BCUT2D eigenvalue weighted by atomic mass is 10.2. The molecular formula is C16H19BrN4. The van der Waals surface area contributed by atoms with Crippen LogP contribution in [-0.4, -0.2) is 31.2 Å². The van der Waals surface area contributed by atoms with Crippen LogP contribution in [0.15, 0.2) is 40.9 Å². The number of nitrogen functional groups attached to an aromatic ring is 1. The Kier molecular flexibility index (Phi) is 4.01. The van der Waals surface area contributed by atoms with Crippen LogP contribution in [-0.2, 0) is 0 Å². The highest BCUT2D eigenvalue weighted by Crippen LogP contribution is 2.22. The molecule has 5 heteroatoms. The first kappa shape index (κ1) is 14.2. The van der Waals surface area contributed by atoms with E-state index in [2.05, 4.69) is 55.0 Å². The molecule has 1 aromatic heterocycles. The van der Waals surface area contributed by atoms with Crippen molar-refractivity contribution in [2.75, 3.05) is 41.7 Å². The van der Waals surface area contributed by atoms with E-state index in [4.69, 9.17) is 5.73 Å². The van der Waals surface area contributed by atoms with Gasteiger partial charge in [0, 0.05) is 42.0 Å². The van der Waals surface area contributed by atoms with Gasteiger partial charge in [-0.05, 0) is 59.3 Å². The molecule has 0 aliphatic carbocycles. The number of hydrogen-bond acceptors (Lipinski definition) is 4. The molecule has 110 valence electrons. The molecule has 3 rings (SSSR count). The van der Waals surface area contributed by atoms with Gasteiger partial charge >= 0.3 is 0 Å². The maximum absolute atomic E-state index is 5.74. The molecule has 2 aromatic rings. The van der Waals surface area contributed by atoms with E-state index in [1.54, 1.807) is 0 Å². The highest BCUT2D eigenvalue weighted by molar-refractivity contribution is 9.10. The summed E-state index contributed by atoms with van der Waals surface area (Å²) in [6, 6.07) is 12.3. The number of rotatable bonds is 2. The highest BCUT2D eigenvalue weighted by Gasteiger charge is 2.18. The van der Waals surface area contributed by atoms with Gasteiger partial charge in [0.2, 0.25) is 0 Å². The van der Waals surface area contributed by atoms with E-state index in [0.29, 0.717) is 0 Å². The minimum absolute atomic E-state index is 0.812. The van der Waals surface area contributed by atoms with Gasteiger partial charge in [0.15, 0.2) is 0 Å². The van der Waals surface area contributed by atoms with E-state index < -0.39 is 0 Å². The molecule has 1 fully saturated rings. The van der Waals surface area contributed by atoms with Crippen LogP contribution in [0.2, 0.25) is 0 Å². The monoisotopic (exact) mass is 346 g/mol. The van der Waals surface area contributed by atoms with Crippen molar-refractivity contribution in [3.63, 3.8) is 0 Å². The Morgan fingerprint density at radius 1 is 0.952 bits per heavy atom. The van der Waals surface area contributed by atoms with Crippen LogP contribution in [0.1, 0.15) is 5.69 Å². The second-order valence-electron chi connectivity index (χ2n) is 5.30. The van der Waals surface area contributed by atoms with Crippen molar-refractivity contribution in [1.29, 1.82) is 0 Å². The van der Waals surface area contributed by atoms with Crippen molar-refractivity contribution in [2.45, 2.75) is 6.92 Å². The standard InChI is InChI=1S/C16H19BrN4/c1-12-15(17)6-7-16(19-12)21-10-8-20(9-11-21)14-4-2-13(18)3-5-14/h2-7H,8-11,18H2,1H3. The lowest BCUT2D eigenvalue weighted by Gasteiger charge is -2.36. The SMILES string of the molecule is Cc1nc(N2CCN(c3ccc(N)cc3)CC2)ccc1Br. The highest BCUT2D eigenvalue weighted by atomic mass is 79.9. The number of nitrogens with two attached hydrogens (primary N) is 1. The minimum Gasteiger partial charge on any atom is -0.399 e. The summed E-state index contributed by atoms with van der Waals surface area (Å²) in [4.78, 5) is 9.38. The summed E-state index contributed by atoms with van der Waals surface area (Å²) in [6.45, 7) is 6.00. The minimum atomic E-state index is 0.812. The number of piperazine rings is 1. The molecule has 0 radical (unpaired) electrons. The molecule has 1 saturated heterocycles. The average Bonchev–Trinajstić information content (AvgIpc) is 2.51. The number of halogens is 1. The molecule has 2 N–H and O–H groups in total. The van der Waals surface area contributed by atoms with Gasteiger partial charge in [-0.2, -0.15) is 0 Å². The molecular weight excluding hydrogens is 328 g/mol. The molecule has 1 aliphatic heterocycles. The summed E-state index contributed by atoms with van der Waals surface area (Å²) in [5.41, 5.74) is 8.83. The molecule has 0 unspecified atom stereocenters. The third kappa shape index (κ3) is 3.13. The Morgan fingerprint density at radius 2 is 1.57 bits per heavy atom. The zero-order chi connectivity index (χ0) is 14.8. The van der Waals surface area contributed by atoms with Gasteiger partial charge in [-0.1, -0.05) is 0 Å². The Morgan fingerprint density at radius 3 is 2.19 bits per heavy atom. The third-order valence-corrected chi connectivity index (χ3v) is 4.71. The van der Waals surface area contributed by atoms with Crippen molar-refractivity contribution >= 4 is 33.1 Å². The van der Waals surface area contributed by atoms with Crippen LogP contribution in [0, 0.1) is 6.92 Å². The van der Waals surface area contributed by atoms with Crippen LogP contribution in [0.5, 0.6) is 0 Å². The maximum atomic E-state index is 5.74. The molecule has 21 heavy (non-hydrogen) atoms. The first-order valence-corrected chi connectivity index (χ1v) is 7.91. The van der Waals surface area contributed by atoms with Crippen LogP contribution in [0.4, 0.5) is 17.2 Å². The Balaban J connectivity index is 1.67. The second kappa shape index (κ2) is 5.93. The summed E-state index contributed by atoms with van der Waals surface area (Å²) in [5, 5.41) is 0. The normalized spacial score (nSPS) is 15.3. The van der Waals surface area contributed by atoms with Crippen LogP contribution in [0.25, 0.3) is 0 Å². The summed E-state index contributed by atoms with van der Waals surface area (Å²) >= 11 is 3.50. The molecule has 1 aromatic carbocycles. The van der Waals surface area contributed by atoms with Crippen molar-refractivity contribution in [1.82, 2.24) is 4.98 Å². The molecule has 0 bridgehead atoms. The average molecular weight is 347 g/mol. The van der Waals surface area contributed by atoms with E-state index in [1.165, 1.54) is 5.69 Å². The number of nitrogens with zero attached hydrogens (tertiary/aromatic N) is 3. The summed E-state index contributed by atoms with van der Waals surface area (Å²) < 4.78 is 1.06. The maximum Gasteiger partial charge on any atom is 0.128 e. The van der Waals surface area contributed by atoms with Crippen LogP contribution >= 0.6 is 15.9 Å². The zero-order valence-electron chi connectivity index (χ0n) is 12.1.